The molecule has 2 aromatic heterocycles. The summed E-state index contributed by atoms with van der Waals surface area (Å²) in [7, 11) is 0. The normalized spacial score (nSPS) is 11.5. The molecule has 242 valence electrons. The van der Waals surface area contributed by atoms with E-state index < -0.39 is 0 Å². The fraction of sp³-hybridized carbons (Fsp3) is 0. The molecule has 8 aromatic carbocycles. The highest BCUT2D eigenvalue weighted by Crippen LogP contribution is 2.39. The van der Waals surface area contributed by atoms with Crippen LogP contribution in [0.25, 0.3) is 99.5 Å². The first-order chi connectivity index (χ1) is 25.7. The highest BCUT2D eigenvalue weighted by atomic mass is 15.0. The molecule has 0 unspecified atom stereocenters. The number of hydrogen-bond donors (Lipinski definition) is 0. The van der Waals surface area contributed by atoms with Crippen LogP contribution in [0.1, 0.15) is 0 Å². The van der Waals surface area contributed by atoms with Gasteiger partial charge in [-0.3, -0.25) is 4.98 Å². The summed E-state index contributed by atoms with van der Waals surface area (Å²) in [5, 5.41) is 9.50. The minimum absolute atomic E-state index is 0.628. The van der Waals surface area contributed by atoms with E-state index in [4.69, 9.17) is 15.0 Å². The van der Waals surface area contributed by atoms with E-state index in [1.807, 2.05) is 18.5 Å². The molecule has 4 heteroatoms. The van der Waals surface area contributed by atoms with Crippen molar-refractivity contribution < 1.29 is 0 Å². The zero-order valence-electron chi connectivity index (χ0n) is 28.1. The van der Waals surface area contributed by atoms with Crippen molar-refractivity contribution in [2.45, 2.75) is 0 Å². The maximum atomic E-state index is 5.13. The summed E-state index contributed by atoms with van der Waals surface area (Å²) in [6, 6.07) is 59.7. The minimum atomic E-state index is 0.628. The van der Waals surface area contributed by atoms with Gasteiger partial charge in [-0.1, -0.05) is 146 Å². The number of aromatic nitrogens is 4. The second-order valence-corrected chi connectivity index (χ2v) is 13.1. The molecule has 0 radical (unpaired) electrons. The Bertz CT molecular complexity index is 2950. The van der Waals surface area contributed by atoms with Crippen molar-refractivity contribution in [1.82, 2.24) is 19.9 Å². The smallest absolute Gasteiger partial charge is 0.164 e. The number of fused-ring (bicyclic) bond motifs is 6. The molecule has 0 saturated carbocycles. The highest BCUT2D eigenvalue weighted by Gasteiger charge is 2.16. The predicted molar refractivity (Wildman–Crippen MR) is 215 cm³/mol. The molecule has 0 saturated heterocycles. The largest absolute Gasteiger partial charge is 0.264 e. The van der Waals surface area contributed by atoms with Gasteiger partial charge in [-0.15, -0.1) is 0 Å². The fourth-order valence-electron chi connectivity index (χ4n) is 7.36. The van der Waals surface area contributed by atoms with Crippen molar-refractivity contribution in [1.29, 1.82) is 0 Å². The standard InChI is InChI=1S/C48H30N4/c1-2-9-31(10-3-1)33-17-20-34(21-18-33)46-50-47(52-48(51-46)38-22-19-32-11-4-5-12-35(32)27-38)37-14-8-13-36(28-37)44-29-45-40-25-26-49-30-39(40)23-24-43(45)41-15-6-7-16-42(41)44/h1-30H. The monoisotopic (exact) mass is 662 g/mol. The molecule has 0 amide bonds. The molecule has 0 atom stereocenters. The molecule has 0 aliphatic rings. The molecular weight excluding hydrogens is 633 g/mol. The second kappa shape index (κ2) is 12.4. The van der Waals surface area contributed by atoms with Gasteiger partial charge in [0.1, 0.15) is 0 Å². The lowest BCUT2D eigenvalue weighted by molar-refractivity contribution is 1.07. The topological polar surface area (TPSA) is 51.6 Å². The lowest BCUT2D eigenvalue weighted by Gasteiger charge is -2.14. The van der Waals surface area contributed by atoms with Crippen LogP contribution in [0.15, 0.2) is 182 Å². The van der Waals surface area contributed by atoms with Crippen LogP contribution in [0.5, 0.6) is 0 Å². The number of pyridine rings is 1. The van der Waals surface area contributed by atoms with Crippen LogP contribution in [-0.2, 0) is 0 Å². The van der Waals surface area contributed by atoms with Gasteiger partial charge in [0, 0.05) is 34.5 Å². The minimum Gasteiger partial charge on any atom is -0.264 e. The van der Waals surface area contributed by atoms with Crippen molar-refractivity contribution in [2.75, 3.05) is 0 Å². The van der Waals surface area contributed by atoms with Crippen LogP contribution >= 0.6 is 0 Å². The molecule has 0 aliphatic carbocycles. The summed E-state index contributed by atoms with van der Waals surface area (Å²) in [4.78, 5) is 19.7. The van der Waals surface area contributed by atoms with E-state index in [2.05, 4.69) is 169 Å². The fourth-order valence-corrected chi connectivity index (χ4v) is 7.36. The van der Waals surface area contributed by atoms with E-state index >= 15 is 0 Å². The Morgan fingerprint density at radius 2 is 0.865 bits per heavy atom. The zero-order valence-corrected chi connectivity index (χ0v) is 28.1. The first kappa shape index (κ1) is 29.8. The molecular formula is C48H30N4. The van der Waals surface area contributed by atoms with Gasteiger partial charge < -0.3 is 0 Å². The molecule has 10 rings (SSSR count). The van der Waals surface area contributed by atoms with Crippen molar-refractivity contribution in [3.05, 3.63) is 182 Å². The Morgan fingerprint density at radius 1 is 0.288 bits per heavy atom. The van der Waals surface area contributed by atoms with Crippen molar-refractivity contribution >= 4 is 43.1 Å². The van der Waals surface area contributed by atoms with Gasteiger partial charge in [0.05, 0.1) is 0 Å². The van der Waals surface area contributed by atoms with E-state index in [1.54, 1.807) is 0 Å². The molecule has 0 fully saturated rings. The maximum Gasteiger partial charge on any atom is 0.164 e. The Balaban J connectivity index is 1.15. The Hall–Kier alpha value is -7.04. The summed E-state index contributed by atoms with van der Waals surface area (Å²) >= 11 is 0. The summed E-state index contributed by atoms with van der Waals surface area (Å²) in [6.07, 6.45) is 3.81. The zero-order chi connectivity index (χ0) is 34.4. The van der Waals surface area contributed by atoms with Crippen molar-refractivity contribution in [2.24, 2.45) is 0 Å². The number of nitrogens with zero attached hydrogens (tertiary/aromatic N) is 4. The number of rotatable bonds is 5. The molecule has 0 aliphatic heterocycles. The third kappa shape index (κ3) is 5.26. The molecule has 4 nitrogen and oxygen atoms in total. The molecule has 10 aromatic rings. The quantitative estimate of drug-likeness (QED) is 0.172. The summed E-state index contributed by atoms with van der Waals surface area (Å²) in [5.41, 5.74) is 7.39. The van der Waals surface area contributed by atoms with Gasteiger partial charge in [0.25, 0.3) is 0 Å². The van der Waals surface area contributed by atoms with Crippen LogP contribution in [0.3, 0.4) is 0 Å². The van der Waals surface area contributed by atoms with Gasteiger partial charge in [-0.2, -0.15) is 0 Å². The summed E-state index contributed by atoms with van der Waals surface area (Å²) in [6.45, 7) is 0. The third-order valence-electron chi connectivity index (χ3n) is 9.98. The molecule has 0 bridgehead atoms. The Morgan fingerprint density at radius 3 is 1.69 bits per heavy atom. The summed E-state index contributed by atoms with van der Waals surface area (Å²) < 4.78 is 0. The maximum absolute atomic E-state index is 5.13. The van der Waals surface area contributed by atoms with Gasteiger partial charge in [-0.25, -0.2) is 15.0 Å². The Kier molecular flexibility index (Phi) is 7.10. The van der Waals surface area contributed by atoms with Crippen molar-refractivity contribution in [3.63, 3.8) is 0 Å². The molecule has 52 heavy (non-hydrogen) atoms. The highest BCUT2D eigenvalue weighted by molar-refractivity contribution is 6.20. The van der Waals surface area contributed by atoms with Crippen molar-refractivity contribution in [3.8, 4) is 56.4 Å². The van der Waals surface area contributed by atoms with E-state index in [9.17, 15) is 0 Å². The van der Waals surface area contributed by atoms with Crippen LogP contribution in [-0.4, -0.2) is 19.9 Å². The molecule has 2 heterocycles. The average Bonchev–Trinajstić information content (AvgIpc) is 3.23. The lowest BCUT2D eigenvalue weighted by atomic mass is 9.91. The van der Waals surface area contributed by atoms with Crippen LogP contribution in [0, 0.1) is 0 Å². The van der Waals surface area contributed by atoms with E-state index in [-0.39, 0.29) is 0 Å². The molecule has 0 spiro atoms. The molecule has 0 N–H and O–H groups in total. The Labute approximate surface area is 300 Å². The average molecular weight is 663 g/mol. The van der Waals surface area contributed by atoms with Crippen LogP contribution in [0.2, 0.25) is 0 Å². The van der Waals surface area contributed by atoms with Gasteiger partial charge in [-0.05, 0) is 84.2 Å². The lowest BCUT2D eigenvalue weighted by Crippen LogP contribution is -2.00. The first-order valence-corrected chi connectivity index (χ1v) is 17.5. The van der Waals surface area contributed by atoms with E-state index in [0.717, 1.165) is 44.2 Å². The van der Waals surface area contributed by atoms with Crippen LogP contribution in [0.4, 0.5) is 0 Å². The predicted octanol–water partition coefficient (Wildman–Crippen LogP) is 12.2. The van der Waals surface area contributed by atoms with Gasteiger partial charge in [0.15, 0.2) is 17.5 Å². The van der Waals surface area contributed by atoms with E-state index in [1.165, 1.54) is 37.9 Å². The first-order valence-electron chi connectivity index (χ1n) is 17.5. The SMILES string of the molecule is c1ccc(-c2ccc(-c3nc(-c4cccc(-c5cc6c7ccncc7ccc6c6ccccc56)c4)nc(-c4ccc5ccccc5c4)n3)cc2)cc1. The number of benzene rings is 8. The number of hydrogen-bond acceptors (Lipinski definition) is 4. The second-order valence-electron chi connectivity index (χ2n) is 13.1. The van der Waals surface area contributed by atoms with Crippen LogP contribution < -0.4 is 0 Å². The van der Waals surface area contributed by atoms with Gasteiger partial charge >= 0.3 is 0 Å². The van der Waals surface area contributed by atoms with Gasteiger partial charge in [0.2, 0.25) is 0 Å². The van der Waals surface area contributed by atoms with E-state index in [0.29, 0.717) is 17.5 Å². The third-order valence-corrected chi connectivity index (χ3v) is 9.98. The summed E-state index contributed by atoms with van der Waals surface area (Å²) in [5.74, 6) is 1.90.